The molecule has 0 aromatic carbocycles. The zero-order valence-corrected chi connectivity index (χ0v) is 8.05. The third-order valence-electron chi connectivity index (χ3n) is 0. The molecule has 0 unspecified atom stereocenters. The molecule has 0 aromatic rings. The summed E-state index contributed by atoms with van der Waals surface area (Å²) in [6, 6.07) is 0. The van der Waals surface area contributed by atoms with Gasteiger partial charge in [-0.25, -0.2) is 0 Å². The SMILES string of the molecule is CC.CCC.[W]. The molecule has 6 heavy (non-hydrogen) atoms. The van der Waals surface area contributed by atoms with Crippen LogP contribution < -0.4 is 0 Å². The summed E-state index contributed by atoms with van der Waals surface area (Å²) in [7, 11) is 0. The van der Waals surface area contributed by atoms with Crippen molar-refractivity contribution in [2.45, 2.75) is 34.1 Å². The second-order valence-electron chi connectivity index (χ2n) is 0.707. The standard InChI is InChI=1S/C3H8.C2H6.W/c1-3-2;1-2;/h3H2,1-2H3;1-2H3;. The van der Waals surface area contributed by atoms with Crippen LogP contribution in [0.25, 0.3) is 0 Å². The van der Waals surface area contributed by atoms with E-state index in [4.69, 9.17) is 0 Å². The van der Waals surface area contributed by atoms with E-state index >= 15 is 0 Å². The Morgan fingerprint density at radius 1 is 1.00 bits per heavy atom. The monoisotopic (exact) mass is 258 g/mol. The molecule has 0 spiro atoms. The van der Waals surface area contributed by atoms with Crippen LogP contribution >= 0.6 is 0 Å². The molecule has 0 aliphatic carbocycles. The van der Waals surface area contributed by atoms with Crippen LogP contribution in [-0.2, 0) is 21.1 Å². The third kappa shape index (κ3) is 135. The smallest absolute Gasteiger partial charge is 0 e. The molecule has 0 heterocycles. The molecule has 0 rings (SSSR count). The first kappa shape index (κ1) is 15.9. The van der Waals surface area contributed by atoms with Crippen molar-refractivity contribution in [3.05, 3.63) is 0 Å². The number of rotatable bonds is 0. The van der Waals surface area contributed by atoms with Crippen LogP contribution in [0.5, 0.6) is 0 Å². The Morgan fingerprint density at radius 3 is 1.00 bits per heavy atom. The van der Waals surface area contributed by atoms with Crippen molar-refractivity contribution in [3.8, 4) is 0 Å². The fourth-order valence-corrected chi connectivity index (χ4v) is 0. The molecule has 0 radical (unpaired) electrons. The van der Waals surface area contributed by atoms with E-state index in [0.717, 1.165) is 0 Å². The van der Waals surface area contributed by atoms with Gasteiger partial charge in [0.2, 0.25) is 0 Å². The summed E-state index contributed by atoms with van der Waals surface area (Å²) in [6.45, 7) is 8.25. The van der Waals surface area contributed by atoms with Gasteiger partial charge in [-0.1, -0.05) is 34.1 Å². The van der Waals surface area contributed by atoms with Crippen LogP contribution in [0.4, 0.5) is 0 Å². The molecule has 0 aliphatic rings. The Balaban J connectivity index is -0.0000000275. The van der Waals surface area contributed by atoms with Gasteiger partial charge in [0.15, 0.2) is 0 Å². The van der Waals surface area contributed by atoms with Gasteiger partial charge >= 0.3 is 0 Å². The van der Waals surface area contributed by atoms with Crippen molar-refractivity contribution in [3.63, 3.8) is 0 Å². The molecule has 0 saturated carbocycles. The van der Waals surface area contributed by atoms with E-state index < -0.39 is 0 Å². The molecule has 0 nitrogen and oxygen atoms in total. The molecule has 0 aliphatic heterocycles. The van der Waals surface area contributed by atoms with E-state index in [2.05, 4.69) is 13.8 Å². The minimum Gasteiger partial charge on any atom is -0.0683 e. The third-order valence-corrected chi connectivity index (χ3v) is 0. The number of hydrogen-bond donors (Lipinski definition) is 0. The van der Waals surface area contributed by atoms with Gasteiger partial charge in [0.25, 0.3) is 0 Å². The van der Waals surface area contributed by atoms with Crippen LogP contribution in [0.1, 0.15) is 34.1 Å². The fraction of sp³-hybridized carbons (Fsp3) is 1.00. The van der Waals surface area contributed by atoms with Crippen molar-refractivity contribution in [1.29, 1.82) is 0 Å². The average molecular weight is 258 g/mol. The molecule has 0 bridgehead atoms. The first-order valence-corrected chi connectivity index (χ1v) is 2.41. The summed E-state index contributed by atoms with van der Waals surface area (Å²) >= 11 is 0. The molecule has 0 atom stereocenters. The Labute approximate surface area is 55.6 Å². The van der Waals surface area contributed by atoms with Crippen molar-refractivity contribution in [2.75, 3.05) is 0 Å². The molecule has 0 N–H and O–H groups in total. The quantitative estimate of drug-likeness (QED) is 0.626. The van der Waals surface area contributed by atoms with Gasteiger partial charge in [0, 0.05) is 21.1 Å². The van der Waals surface area contributed by atoms with Crippen LogP contribution in [0.3, 0.4) is 0 Å². The second-order valence-corrected chi connectivity index (χ2v) is 0.707. The van der Waals surface area contributed by atoms with Crippen molar-refractivity contribution in [2.24, 2.45) is 0 Å². The molecule has 0 fully saturated rings. The topological polar surface area (TPSA) is 0 Å². The van der Waals surface area contributed by atoms with Gasteiger partial charge in [0.1, 0.15) is 0 Å². The van der Waals surface area contributed by atoms with E-state index in [1.165, 1.54) is 6.42 Å². The van der Waals surface area contributed by atoms with Crippen LogP contribution in [0, 0.1) is 0 Å². The summed E-state index contributed by atoms with van der Waals surface area (Å²) in [6.07, 6.45) is 1.25. The van der Waals surface area contributed by atoms with Gasteiger partial charge in [-0.05, 0) is 0 Å². The molecular weight excluding hydrogens is 244 g/mol. The normalized spacial score (nSPS) is 4.00. The molecule has 0 saturated heterocycles. The maximum Gasteiger partial charge on any atom is 0 e. The Kier molecular flexibility index (Phi) is 116. The molecular formula is C5H14W. The van der Waals surface area contributed by atoms with Gasteiger partial charge in [-0.2, -0.15) is 0 Å². The van der Waals surface area contributed by atoms with Crippen LogP contribution in [0.2, 0.25) is 0 Å². The molecule has 0 amide bonds. The van der Waals surface area contributed by atoms with Crippen molar-refractivity contribution < 1.29 is 21.1 Å². The average Bonchev–Trinajstić information content (AvgIpc) is 1.46. The summed E-state index contributed by atoms with van der Waals surface area (Å²) < 4.78 is 0. The summed E-state index contributed by atoms with van der Waals surface area (Å²) in [5.41, 5.74) is 0. The van der Waals surface area contributed by atoms with E-state index in [1.807, 2.05) is 13.8 Å². The predicted octanol–water partition coefficient (Wildman–Crippen LogP) is 2.44. The Bertz CT molecular complexity index is 3.90. The van der Waals surface area contributed by atoms with E-state index in [0.29, 0.717) is 0 Å². The van der Waals surface area contributed by atoms with Crippen molar-refractivity contribution in [1.82, 2.24) is 0 Å². The zero-order chi connectivity index (χ0) is 4.71. The van der Waals surface area contributed by atoms with Gasteiger partial charge in [-0.15, -0.1) is 0 Å². The number of hydrogen-bond acceptors (Lipinski definition) is 0. The summed E-state index contributed by atoms with van der Waals surface area (Å²) in [5.74, 6) is 0. The minimum absolute atomic E-state index is 0. The van der Waals surface area contributed by atoms with Gasteiger partial charge < -0.3 is 0 Å². The maximum absolute atomic E-state index is 2.12. The van der Waals surface area contributed by atoms with E-state index in [-0.39, 0.29) is 21.1 Å². The molecule has 1 heteroatoms. The van der Waals surface area contributed by atoms with E-state index in [9.17, 15) is 0 Å². The summed E-state index contributed by atoms with van der Waals surface area (Å²) in [4.78, 5) is 0. The minimum atomic E-state index is 0. The second kappa shape index (κ2) is 43.9. The largest absolute Gasteiger partial charge is 0.0683 e. The van der Waals surface area contributed by atoms with Gasteiger partial charge in [0.05, 0.1) is 0 Å². The van der Waals surface area contributed by atoms with Gasteiger partial charge in [-0.3, -0.25) is 0 Å². The predicted molar refractivity (Wildman–Crippen MR) is 27.3 cm³/mol. The molecule has 0 aromatic heterocycles. The van der Waals surface area contributed by atoms with Crippen LogP contribution in [-0.4, -0.2) is 0 Å². The summed E-state index contributed by atoms with van der Waals surface area (Å²) in [5, 5.41) is 0. The first-order chi connectivity index (χ1) is 2.41. The van der Waals surface area contributed by atoms with E-state index in [1.54, 1.807) is 0 Å². The maximum atomic E-state index is 2.12. The van der Waals surface area contributed by atoms with Crippen LogP contribution in [0.15, 0.2) is 0 Å². The first-order valence-electron chi connectivity index (χ1n) is 2.41. The molecule has 40 valence electrons. The zero-order valence-electron chi connectivity index (χ0n) is 5.12. The Hall–Kier alpha value is 0.688. The fourth-order valence-electron chi connectivity index (χ4n) is 0. The van der Waals surface area contributed by atoms with Crippen molar-refractivity contribution >= 4 is 0 Å². The Morgan fingerprint density at radius 2 is 1.00 bits per heavy atom.